The zero-order chi connectivity index (χ0) is 17.3. The van der Waals surface area contributed by atoms with Crippen LogP contribution in [0.4, 0.5) is 0 Å². The smallest absolute Gasteiger partial charge is 0.191 e. The quantitative estimate of drug-likeness (QED) is 0.446. The highest BCUT2D eigenvalue weighted by atomic mass is 15.2. The molecule has 1 aliphatic heterocycles. The highest BCUT2D eigenvalue weighted by Crippen LogP contribution is 2.26. The Kier molecular flexibility index (Phi) is 7.09. The first-order valence-corrected chi connectivity index (χ1v) is 9.89. The number of nitrogens with one attached hydrogen (secondary N) is 2. The average molecular weight is 348 g/mol. The van der Waals surface area contributed by atoms with Gasteiger partial charge in [-0.1, -0.05) is 12.8 Å². The van der Waals surface area contributed by atoms with Crippen LogP contribution in [-0.2, 0) is 6.54 Å². The van der Waals surface area contributed by atoms with E-state index in [0.717, 1.165) is 37.9 Å². The van der Waals surface area contributed by atoms with Crippen molar-refractivity contribution in [2.75, 3.05) is 26.7 Å². The normalized spacial score (nSPS) is 20.9. The first-order valence-electron chi connectivity index (χ1n) is 9.89. The van der Waals surface area contributed by atoms with Gasteiger partial charge in [0.1, 0.15) is 12.7 Å². The summed E-state index contributed by atoms with van der Waals surface area (Å²) in [6.07, 6.45) is 13.9. The molecule has 0 unspecified atom stereocenters. The van der Waals surface area contributed by atoms with Crippen LogP contribution in [0.3, 0.4) is 0 Å². The van der Waals surface area contributed by atoms with Gasteiger partial charge in [-0.3, -0.25) is 4.99 Å². The maximum atomic E-state index is 4.38. The lowest BCUT2D eigenvalue weighted by Gasteiger charge is -2.36. The molecule has 1 saturated carbocycles. The second-order valence-corrected chi connectivity index (χ2v) is 7.30. The molecule has 1 aromatic rings. The van der Waals surface area contributed by atoms with Gasteiger partial charge in [-0.2, -0.15) is 0 Å². The maximum absolute atomic E-state index is 4.38. The monoisotopic (exact) mass is 347 g/mol. The third-order valence-electron chi connectivity index (χ3n) is 5.54. The van der Waals surface area contributed by atoms with E-state index in [0.29, 0.717) is 6.04 Å². The van der Waals surface area contributed by atoms with Gasteiger partial charge in [0.05, 0.1) is 0 Å². The highest BCUT2D eigenvalue weighted by Gasteiger charge is 2.27. The second-order valence-electron chi connectivity index (χ2n) is 7.30. The van der Waals surface area contributed by atoms with E-state index >= 15 is 0 Å². The van der Waals surface area contributed by atoms with Crippen molar-refractivity contribution in [3.8, 4) is 0 Å². The molecule has 2 aliphatic rings. The Morgan fingerprint density at radius 3 is 2.48 bits per heavy atom. The Bertz CT molecular complexity index is 500. The lowest BCUT2D eigenvalue weighted by atomic mass is 10.0. The molecule has 7 heteroatoms. The summed E-state index contributed by atoms with van der Waals surface area (Å²) < 4.78 is 2.02. The van der Waals surface area contributed by atoms with Crippen LogP contribution in [0.25, 0.3) is 0 Å². The summed E-state index contributed by atoms with van der Waals surface area (Å²) in [7, 11) is 1.86. The molecule has 2 heterocycles. The van der Waals surface area contributed by atoms with Gasteiger partial charge in [-0.25, -0.2) is 0 Å². The Balaban J connectivity index is 1.28. The molecular formula is C18H33N7. The van der Waals surface area contributed by atoms with Crippen LogP contribution in [-0.4, -0.2) is 64.4 Å². The molecule has 0 aromatic carbocycles. The summed E-state index contributed by atoms with van der Waals surface area (Å²) in [6, 6.07) is 1.42. The minimum absolute atomic E-state index is 0.556. The highest BCUT2D eigenvalue weighted by molar-refractivity contribution is 5.79. The van der Waals surface area contributed by atoms with Crippen LogP contribution in [0.2, 0.25) is 0 Å². The van der Waals surface area contributed by atoms with Gasteiger partial charge in [0, 0.05) is 45.3 Å². The molecule has 1 saturated heterocycles. The van der Waals surface area contributed by atoms with E-state index in [-0.39, 0.29) is 0 Å². The molecule has 140 valence electrons. The molecule has 0 atom stereocenters. The number of aryl methyl sites for hydroxylation is 1. The van der Waals surface area contributed by atoms with Gasteiger partial charge in [0.2, 0.25) is 0 Å². The number of piperidine rings is 1. The molecule has 0 amide bonds. The summed E-state index contributed by atoms with van der Waals surface area (Å²) in [4.78, 5) is 7.10. The van der Waals surface area contributed by atoms with E-state index in [4.69, 9.17) is 0 Å². The van der Waals surface area contributed by atoms with E-state index < -0.39 is 0 Å². The minimum Gasteiger partial charge on any atom is -0.356 e. The fraction of sp³-hybridized carbons (Fsp3) is 0.833. The van der Waals surface area contributed by atoms with E-state index in [1.54, 1.807) is 12.7 Å². The van der Waals surface area contributed by atoms with Crippen molar-refractivity contribution < 1.29 is 0 Å². The molecule has 2 fully saturated rings. The van der Waals surface area contributed by atoms with Crippen LogP contribution in [0.1, 0.15) is 51.4 Å². The zero-order valence-corrected chi connectivity index (χ0v) is 15.5. The van der Waals surface area contributed by atoms with Crippen LogP contribution in [0.5, 0.6) is 0 Å². The van der Waals surface area contributed by atoms with Crippen molar-refractivity contribution in [2.24, 2.45) is 4.99 Å². The average Bonchev–Trinajstić information content (AvgIpc) is 3.35. The molecule has 7 nitrogen and oxygen atoms in total. The van der Waals surface area contributed by atoms with Crippen LogP contribution >= 0.6 is 0 Å². The van der Waals surface area contributed by atoms with E-state index in [9.17, 15) is 0 Å². The maximum Gasteiger partial charge on any atom is 0.191 e. The third-order valence-corrected chi connectivity index (χ3v) is 5.54. The van der Waals surface area contributed by atoms with Gasteiger partial charge < -0.3 is 20.1 Å². The van der Waals surface area contributed by atoms with Crippen LogP contribution in [0, 0.1) is 0 Å². The number of rotatable bonds is 7. The molecule has 0 radical (unpaired) electrons. The Hall–Kier alpha value is -1.63. The van der Waals surface area contributed by atoms with E-state index in [2.05, 4.69) is 30.7 Å². The number of unbranched alkanes of at least 4 members (excludes halogenated alkanes) is 1. The lowest BCUT2D eigenvalue weighted by molar-refractivity contribution is 0.150. The standard InChI is InChI=1S/C18H33N7/c1-19-18(20-10-4-5-11-24-14-21-22-15-24)23-16-8-12-25(13-9-16)17-6-2-3-7-17/h14-17H,2-13H2,1H3,(H2,19,20,23). The van der Waals surface area contributed by atoms with Crippen molar-refractivity contribution in [3.63, 3.8) is 0 Å². The van der Waals surface area contributed by atoms with Crippen molar-refractivity contribution in [2.45, 2.75) is 70.0 Å². The number of hydrogen-bond acceptors (Lipinski definition) is 4. The minimum atomic E-state index is 0.556. The number of hydrogen-bond donors (Lipinski definition) is 2. The number of guanidine groups is 1. The molecule has 1 aliphatic carbocycles. The largest absolute Gasteiger partial charge is 0.356 e. The van der Waals surface area contributed by atoms with Gasteiger partial charge in [-0.15, -0.1) is 10.2 Å². The first kappa shape index (κ1) is 18.2. The Morgan fingerprint density at radius 1 is 1.08 bits per heavy atom. The predicted molar refractivity (Wildman–Crippen MR) is 101 cm³/mol. The molecular weight excluding hydrogens is 314 g/mol. The summed E-state index contributed by atoms with van der Waals surface area (Å²) >= 11 is 0. The molecule has 1 aromatic heterocycles. The SMILES string of the molecule is CN=C(NCCCCn1cnnc1)NC1CCN(C2CCCC2)CC1. The molecule has 0 spiro atoms. The molecule has 3 rings (SSSR count). The second kappa shape index (κ2) is 9.75. The fourth-order valence-corrected chi connectivity index (χ4v) is 4.03. The van der Waals surface area contributed by atoms with Crippen LogP contribution in [0.15, 0.2) is 17.6 Å². The van der Waals surface area contributed by atoms with Crippen molar-refractivity contribution in [3.05, 3.63) is 12.7 Å². The summed E-state index contributed by atoms with van der Waals surface area (Å²) in [6.45, 7) is 4.39. The van der Waals surface area contributed by atoms with Crippen molar-refractivity contribution in [1.82, 2.24) is 30.3 Å². The van der Waals surface area contributed by atoms with Crippen molar-refractivity contribution in [1.29, 1.82) is 0 Å². The summed E-state index contributed by atoms with van der Waals surface area (Å²) in [5, 5.41) is 14.7. The lowest BCUT2D eigenvalue weighted by Crippen LogP contribution is -2.50. The van der Waals surface area contributed by atoms with Crippen LogP contribution < -0.4 is 10.6 Å². The fourth-order valence-electron chi connectivity index (χ4n) is 4.03. The first-order chi connectivity index (χ1) is 12.3. The molecule has 0 bridgehead atoms. The number of likely N-dealkylation sites (tertiary alicyclic amines) is 1. The van der Waals surface area contributed by atoms with E-state index in [1.807, 2.05) is 11.6 Å². The van der Waals surface area contributed by atoms with Gasteiger partial charge >= 0.3 is 0 Å². The van der Waals surface area contributed by atoms with Gasteiger partial charge in [0.25, 0.3) is 0 Å². The topological polar surface area (TPSA) is 70.4 Å². The van der Waals surface area contributed by atoms with Gasteiger partial charge in [-0.05, 0) is 38.5 Å². The predicted octanol–water partition coefficient (Wildman–Crippen LogP) is 1.63. The zero-order valence-electron chi connectivity index (χ0n) is 15.5. The third kappa shape index (κ3) is 5.70. The van der Waals surface area contributed by atoms with Gasteiger partial charge in [0.15, 0.2) is 5.96 Å². The summed E-state index contributed by atoms with van der Waals surface area (Å²) in [5.41, 5.74) is 0. The van der Waals surface area contributed by atoms with Crippen molar-refractivity contribution >= 4 is 5.96 Å². The molecule has 25 heavy (non-hydrogen) atoms. The van der Waals surface area contributed by atoms with E-state index in [1.165, 1.54) is 51.6 Å². The molecule has 2 N–H and O–H groups in total. The Morgan fingerprint density at radius 2 is 1.80 bits per heavy atom. The number of nitrogens with zero attached hydrogens (tertiary/aromatic N) is 5. The number of aliphatic imine (C=N–C) groups is 1. The number of aromatic nitrogens is 3. The summed E-state index contributed by atoms with van der Waals surface area (Å²) in [5.74, 6) is 0.948. The Labute approximate surface area is 151 Å².